The summed E-state index contributed by atoms with van der Waals surface area (Å²) in [6.07, 6.45) is 1.07. The van der Waals surface area contributed by atoms with Crippen LogP contribution in [0.15, 0.2) is 18.2 Å². The SMILES string of the molecule is CC1CC(C)c2ccc([N+](=O)[O-])cc2N1. The van der Waals surface area contributed by atoms with Gasteiger partial charge in [-0.1, -0.05) is 6.92 Å². The highest BCUT2D eigenvalue weighted by molar-refractivity contribution is 5.60. The molecule has 0 spiro atoms. The summed E-state index contributed by atoms with van der Waals surface area (Å²) < 4.78 is 0. The molecule has 2 unspecified atom stereocenters. The lowest BCUT2D eigenvalue weighted by molar-refractivity contribution is -0.384. The van der Waals surface area contributed by atoms with Gasteiger partial charge in [-0.15, -0.1) is 0 Å². The van der Waals surface area contributed by atoms with Crippen molar-refractivity contribution in [2.75, 3.05) is 5.32 Å². The maximum Gasteiger partial charge on any atom is 0.271 e. The summed E-state index contributed by atoms with van der Waals surface area (Å²) >= 11 is 0. The first-order chi connectivity index (χ1) is 7.08. The van der Waals surface area contributed by atoms with Gasteiger partial charge in [-0.2, -0.15) is 0 Å². The number of benzene rings is 1. The Bertz CT molecular complexity index is 404. The van der Waals surface area contributed by atoms with Crippen LogP contribution in [0.5, 0.6) is 0 Å². The number of fused-ring (bicyclic) bond motifs is 1. The minimum absolute atomic E-state index is 0.155. The normalized spacial score (nSPS) is 24.1. The maximum absolute atomic E-state index is 10.6. The smallest absolute Gasteiger partial charge is 0.271 e. The van der Waals surface area contributed by atoms with Crippen molar-refractivity contribution in [2.45, 2.75) is 32.2 Å². The van der Waals surface area contributed by atoms with E-state index in [-0.39, 0.29) is 10.6 Å². The number of nitro benzene ring substituents is 1. The van der Waals surface area contributed by atoms with Gasteiger partial charge >= 0.3 is 0 Å². The molecule has 2 rings (SSSR count). The molecule has 0 bridgehead atoms. The van der Waals surface area contributed by atoms with Gasteiger partial charge in [-0.05, 0) is 30.9 Å². The topological polar surface area (TPSA) is 55.2 Å². The highest BCUT2D eigenvalue weighted by Gasteiger charge is 2.22. The van der Waals surface area contributed by atoms with Gasteiger partial charge < -0.3 is 5.32 Å². The molecule has 1 aromatic carbocycles. The fourth-order valence-electron chi connectivity index (χ4n) is 2.19. The Balaban J connectivity index is 2.43. The molecule has 0 aromatic heterocycles. The number of anilines is 1. The van der Waals surface area contributed by atoms with E-state index in [1.165, 1.54) is 5.56 Å². The van der Waals surface area contributed by atoms with Crippen molar-refractivity contribution in [1.29, 1.82) is 0 Å². The van der Waals surface area contributed by atoms with Crippen LogP contribution in [-0.4, -0.2) is 11.0 Å². The van der Waals surface area contributed by atoms with E-state index in [0.717, 1.165) is 12.1 Å². The number of nitrogens with one attached hydrogen (secondary N) is 1. The predicted octanol–water partition coefficient (Wildman–Crippen LogP) is 2.90. The van der Waals surface area contributed by atoms with Crippen molar-refractivity contribution in [3.05, 3.63) is 33.9 Å². The third-order valence-corrected chi connectivity index (χ3v) is 2.89. The average Bonchev–Trinajstić information content (AvgIpc) is 2.16. The molecule has 4 nitrogen and oxygen atoms in total. The Morgan fingerprint density at radius 1 is 1.47 bits per heavy atom. The second-order valence-corrected chi connectivity index (χ2v) is 4.21. The Hall–Kier alpha value is -1.58. The molecule has 2 atom stereocenters. The third kappa shape index (κ3) is 1.79. The molecule has 1 aromatic rings. The number of hydrogen-bond donors (Lipinski definition) is 1. The molecule has 1 aliphatic heterocycles. The molecule has 1 aliphatic rings. The number of rotatable bonds is 1. The second-order valence-electron chi connectivity index (χ2n) is 4.21. The van der Waals surface area contributed by atoms with E-state index in [0.29, 0.717) is 12.0 Å². The number of nitro groups is 1. The van der Waals surface area contributed by atoms with Gasteiger partial charge in [0.15, 0.2) is 0 Å². The van der Waals surface area contributed by atoms with Crippen LogP contribution in [0.3, 0.4) is 0 Å². The molecule has 4 heteroatoms. The molecule has 0 aliphatic carbocycles. The van der Waals surface area contributed by atoms with Gasteiger partial charge in [-0.3, -0.25) is 10.1 Å². The number of nitrogens with zero attached hydrogens (tertiary/aromatic N) is 1. The van der Waals surface area contributed by atoms with E-state index in [1.807, 2.05) is 6.07 Å². The largest absolute Gasteiger partial charge is 0.382 e. The van der Waals surface area contributed by atoms with E-state index in [1.54, 1.807) is 12.1 Å². The third-order valence-electron chi connectivity index (χ3n) is 2.89. The predicted molar refractivity (Wildman–Crippen MR) is 59.2 cm³/mol. The molecule has 0 saturated heterocycles. The van der Waals surface area contributed by atoms with Gasteiger partial charge in [0.25, 0.3) is 5.69 Å². The Labute approximate surface area is 88.5 Å². The molecule has 1 heterocycles. The fraction of sp³-hybridized carbons (Fsp3) is 0.455. The molecule has 0 amide bonds. The van der Waals surface area contributed by atoms with Crippen LogP contribution in [0, 0.1) is 10.1 Å². The Morgan fingerprint density at radius 2 is 2.20 bits per heavy atom. The monoisotopic (exact) mass is 206 g/mol. The summed E-state index contributed by atoms with van der Waals surface area (Å²) in [5.74, 6) is 0.469. The standard InChI is InChI=1S/C11H14N2O2/c1-7-5-8(2)12-11-6-9(13(14)15)3-4-10(7)11/h3-4,6-8,12H,5H2,1-2H3. The molecule has 0 radical (unpaired) electrons. The summed E-state index contributed by atoms with van der Waals surface area (Å²) in [5, 5.41) is 13.9. The minimum atomic E-state index is -0.355. The van der Waals surface area contributed by atoms with E-state index in [9.17, 15) is 10.1 Å². The highest BCUT2D eigenvalue weighted by Crippen LogP contribution is 2.35. The number of non-ortho nitro benzene ring substituents is 1. The lowest BCUT2D eigenvalue weighted by atomic mass is 9.89. The van der Waals surface area contributed by atoms with Crippen molar-refractivity contribution in [3.63, 3.8) is 0 Å². The lowest BCUT2D eigenvalue weighted by Crippen LogP contribution is -2.24. The summed E-state index contributed by atoms with van der Waals surface area (Å²) in [7, 11) is 0. The zero-order valence-corrected chi connectivity index (χ0v) is 8.86. The van der Waals surface area contributed by atoms with Gasteiger partial charge in [-0.25, -0.2) is 0 Å². The van der Waals surface area contributed by atoms with E-state index >= 15 is 0 Å². The molecular weight excluding hydrogens is 192 g/mol. The lowest BCUT2D eigenvalue weighted by Gasteiger charge is -2.28. The molecule has 0 fully saturated rings. The average molecular weight is 206 g/mol. The van der Waals surface area contributed by atoms with Crippen molar-refractivity contribution < 1.29 is 4.92 Å². The maximum atomic E-state index is 10.6. The molecule has 1 N–H and O–H groups in total. The van der Waals surface area contributed by atoms with Crippen molar-refractivity contribution in [3.8, 4) is 0 Å². The van der Waals surface area contributed by atoms with Crippen LogP contribution in [0.1, 0.15) is 31.7 Å². The zero-order valence-electron chi connectivity index (χ0n) is 8.86. The summed E-state index contributed by atoms with van der Waals surface area (Å²) in [4.78, 5) is 10.3. The summed E-state index contributed by atoms with van der Waals surface area (Å²) in [5.41, 5.74) is 2.25. The van der Waals surface area contributed by atoms with E-state index in [4.69, 9.17) is 0 Å². The van der Waals surface area contributed by atoms with Crippen LogP contribution < -0.4 is 5.32 Å². The van der Waals surface area contributed by atoms with Crippen LogP contribution in [-0.2, 0) is 0 Å². The first kappa shape index (κ1) is 9.96. The van der Waals surface area contributed by atoms with Gasteiger partial charge in [0.1, 0.15) is 0 Å². The van der Waals surface area contributed by atoms with Crippen LogP contribution in [0.2, 0.25) is 0 Å². The molecule has 0 saturated carbocycles. The van der Waals surface area contributed by atoms with Crippen LogP contribution in [0.25, 0.3) is 0 Å². The summed E-state index contributed by atoms with van der Waals surface area (Å²) in [6.45, 7) is 4.25. The quantitative estimate of drug-likeness (QED) is 0.567. The Kier molecular flexibility index (Phi) is 2.34. The second kappa shape index (κ2) is 3.53. The fourth-order valence-corrected chi connectivity index (χ4v) is 2.19. The summed E-state index contributed by atoms with van der Waals surface area (Å²) in [6, 6.07) is 5.44. The Morgan fingerprint density at radius 3 is 2.87 bits per heavy atom. The number of hydrogen-bond acceptors (Lipinski definition) is 3. The van der Waals surface area contributed by atoms with Crippen molar-refractivity contribution in [2.24, 2.45) is 0 Å². The molecule has 80 valence electrons. The van der Waals surface area contributed by atoms with Crippen LogP contribution >= 0.6 is 0 Å². The van der Waals surface area contributed by atoms with Crippen molar-refractivity contribution in [1.82, 2.24) is 0 Å². The first-order valence-electron chi connectivity index (χ1n) is 5.13. The molecule has 15 heavy (non-hydrogen) atoms. The molecular formula is C11H14N2O2. The van der Waals surface area contributed by atoms with E-state index in [2.05, 4.69) is 19.2 Å². The van der Waals surface area contributed by atoms with E-state index < -0.39 is 0 Å². The van der Waals surface area contributed by atoms with Gasteiger partial charge in [0, 0.05) is 23.9 Å². The highest BCUT2D eigenvalue weighted by atomic mass is 16.6. The minimum Gasteiger partial charge on any atom is -0.382 e. The first-order valence-corrected chi connectivity index (χ1v) is 5.13. The zero-order chi connectivity index (χ0) is 11.0. The van der Waals surface area contributed by atoms with Crippen molar-refractivity contribution >= 4 is 11.4 Å². The van der Waals surface area contributed by atoms with Crippen LogP contribution in [0.4, 0.5) is 11.4 Å². The van der Waals surface area contributed by atoms with Gasteiger partial charge in [0.05, 0.1) is 4.92 Å². The van der Waals surface area contributed by atoms with Gasteiger partial charge in [0.2, 0.25) is 0 Å².